The Bertz CT molecular complexity index is 132. The van der Waals surface area contributed by atoms with Gasteiger partial charge in [0.2, 0.25) is 0 Å². The Morgan fingerprint density at radius 1 is 1.67 bits per heavy atom. The lowest BCUT2D eigenvalue weighted by atomic mass is 10.0. The van der Waals surface area contributed by atoms with E-state index in [0.717, 1.165) is 19.5 Å². The van der Waals surface area contributed by atoms with Crippen LogP contribution in [0.1, 0.15) is 6.42 Å². The molecular weight excluding hydrogens is 159 g/mol. The number of hydrogen-bond acceptors (Lipinski definition) is 3. The second-order valence-corrected chi connectivity index (χ2v) is 3.26. The van der Waals surface area contributed by atoms with Crippen LogP contribution in [0.15, 0.2) is 0 Å². The van der Waals surface area contributed by atoms with Crippen molar-refractivity contribution in [1.82, 2.24) is 4.90 Å². The average molecular weight is 176 g/mol. The molecule has 12 heavy (non-hydrogen) atoms. The number of nitrogens with zero attached hydrogens (tertiary/aromatic N) is 1. The summed E-state index contributed by atoms with van der Waals surface area (Å²) in [6.45, 7) is 2.83. The van der Waals surface area contributed by atoms with Crippen LogP contribution in [-0.2, 0) is 4.74 Å². The topological polar surface area (TPSA) is 38.5 Å². The van der Waals surface area contributed by atoms with Crippen LogP contribution in [0.5, 0.6) is 0 Å². The van der Waals surface area contributed by atoms with Gasteiger partial charge < -0.3 is 10.5 Å². The van der Waals surface area contributed by atoms with E-state index in [-0.39, 0.29) is 6.04 Å². The van der Waals surface area contributed by atoms with Crippen molar-refractivity contribution in [2.24, 2.45) is 5.73 Å². The molecule has 72 valence electrons. The lowest BCUT2D eigenvalue weighted by Crippen LogP contribution is -2.49. The number of likely N-dealkylation sites (tertiary alicyclic amines) is 1. The molecule has 0 aromatic rings. The zero-order chi connectivity index (χ0) is 8.97. The fraction of sp³-hybridized carbons (Fsp3) is 1.00. The Balaban J connectivity index is 2.21. The zero-order valence-corrected chi connectivity index (χ0v) is 7.50. The number of halogens is 1. The molecule has 0 aliphatic carbocycles. The Morgan fingerprint density at radius 2 is 2.42 bits per heavy atom. The quantitative estimate of drug-likeness (QED) is 0.658. The summed E-state index contributed by atoms with van der Waals surface area (Å²) in [6.07, 6.45) is -0.110. The van der Waals surface area contributed by atoms with E-state index in [2.05, 4.69) is 4.90 Å². The van der Waals surface area contributed by atoms with Crippen LogP contribution >= 0.6 is 0 Å². The molecule has 0 amide bonds. The van der Waals surface area contributed by atoms with Crippen molar-refractivity contribution < 1.29 is 9.13 Å². The Kier molecular flexibility index (Phi) is 3.91. The van der Waals surface area contributed by atoms with E-state index in [1.165, 1.54) is 0 Å². The average Bonchev–Trinajstić information content (AvgIpc) is 2.07. The van der Waals surface area contributed by atoms with Crippen LogP contribution < -0.4 is 5.73 Å². The molecular formula is C8H17FN2O. The maximum Gasteiger partial charge on any atom is 0.128 e. The van der Waals surface area contributed by atoms with Gasteiger partial charge in [0.1, 0.15) is 6.17 Å². The minimum absolute atomic E-state index is 0.260. The monoisotopic (exact) mass is 176 g/mol. The molecule has 4 heteroatoms. The van der Waals surface area contributed by atoms with Crippen LogP contribution in [0.25, 0.3) is 0 Å². The van der Waals surface area contributed by atoms with Gasteiger partial charge in [-0.25, -0.2) is 4.39 Å². The van der Waals surface area contributed by atoms with Gasteiger partial charge in [-0.1, -0.05) is 0 Å². The second kappa shape index (κ2) is 4.74. The maximum absolute atomic E-state index is 13.0. The molecule has 1 saturated heterocycles. The highest BCUT2D eigenvalue weighted by atomic mass is 19.1. The highest BCUT2D eigenvalue weighted by Crippen LogP contribution is 2.11. The van der Waals surface area contributed by atoms with Crippen molar-refractivity contribution in [3.05, 3.63) is 0 Å². The summed E-state index contributed by atoms with van der Waals surface area (Å²) >= 11 is 0. The molecule has 2 atom stereocenters. The van der Waals surface area contributed by atoms with Crippen molar-refractivity contribution >= 4 is 0 Å². The Morgan fingerprint density at radius 3 is 3.00 bits per heavy atom. The van der Waals surface area contributed by atoms with Gasteiger partial charge in [-0.3, -0.25) is 4.90 Å². The summed E-state index contributed by atoms with van der Waals surface area (Å²) in [5, 5.41) is 0. The first-order valence-electron chi connectivity index (χ1n) is 4.35. The Labute approximate surface area is 72.7 Å². The number of methoxy groups -OCH3 is 1. The van der Waals surface area contributed by atoms with E-state index >= 15 is 0 Å². The van der Waals surface area contributed by atoms with Gasteiger partial charge in [0.15, 0.2) is 0 Å². The molecule has 0 radical (unpaired) electrons. The summed E-state index contributed by atoms with van der Waals surface area (Å²) in [7, 11) is 1.66. The van der Waals surface area contributed by atoms with Crippen LogP contribution in [0.3, 0.4) is 0 Å². The van der Waals surface area contributed by atoms with Gasteiger partial charge in [-0.2, -0.15) is 0 Å². The first-order valence-corrected chi connectivity index (χ1v) is 4.35. The van der Waals surface area contributed by atoms with Crippen molar-refractivity contribution in [3.63, 3.8) is 0 Å². The van der Waals surface area contributed by atoms with Crippen molar-refractivity contribution in [1.29, 1.82) is 0 Å². The van der Waals surface area contributed by atoms with Crippen molar-refractivity contribution in [2.45, 2.75) is 18.6 Å². The molecule has 1 aliphatic heterocycles. The minimum atomic E-state index is -0.865. The minimum Gasteiger partial charge on any atom is -0.383 e. The number of ether oxygens (including phenoxy) is 1. The zero-order valence-electron chi connectivity index (χ0n) is 7.50. The lowest BCUT2D eigenvalue weighted by Gasteiger charge is -2.32. The summed E-state index contributed by atoms with van der Waals surface area (Å²) in [5.74, 6) is 0. The molecule has 1 fully saturated rings. The molecule has 1 rings (SSSR count). The first kappa shape index (κ1) is 9.89. The number of nitrogens with two attached hydrogens (primary N) is 1. The molecule has 0 aromatic heterocycles. The summed E-state index contributed by atoms with van der Waals surface area (Å²) in [5.41, 5.74) is 5.54. The SMILES string of the molecule is COCCN1CC[C@H](N)[C@H](F)C1. The van der Waals surface area contributed by atoms with Gasteiger partial charge in [0, 0.05) is 26.2 Å². The molecule has 0 bridgehead atoms. The fourth-order valence-electron chi connectivity index (χ4n) is 1.41. The smallest absolute Gasteiger partial charge is 0.128 e. The van der Waals surface area contributed by atoms with Crippen molar-refractivity contribution in [3.8, 4) is 0 Å². The molecule has 0 saturated carbocycles. The van der Waals surface area contributed by atoms with Gasteiger partial charge in [0.25, 0.3) is 0 Å². The van der Waals surface area contributed by atoms with Crippen LogP contribution in [0, 0.1) is 0 Å². The molecule has 1 heterocycles. The number of alkyl halides is 1. The molecule has 2 N–H and O–H groups in total. The summed E-state index contributed by atoms with van der Waals surface area (Å²) in [6, 6.07) is -0.260. The molecule has 1 aliphatic rings. The third kappa shape index (κ3) is 2.69. The van der Waals surface area contributed by atoms with Gasteiger partial charge in [-0.15, -0.1) is 0 Å². The molecule has 0 aromatic carbocycles. The third-order valence-electron chi connectivity index (χ3n) is 2.29. The van der Waals surface area contributed by atoms with E-state index in [9.17, 15) is 4.39 Å². The predicted molar refractivity (Wildman–Crippen MR) is 45.8 cm³/mol. The maximum atomic E-state index is 13.0. The fourth-order valence-corrected chi connectivity index (χ4v) is 1.41. The summed E-state index contributed by atoms with van der Waals surface area (Å²) < 4.78 is 18.0. The largest absolute Gasteiger partial charge is 0.383 e. The highest BCUT2D eigenvalue weighted by molar-refractivity contribution is 4.82. The number of hydrogen-bond donors (Lipinski definition) is 1. The van der Waals surface area contributed by atoms with Crippen LogP contribution in [-0.4, -0.2) is 50.5 Å². The van der Waals surface area contributed by atoms with Gasteiger partial charge >= 0.3 is 0 Å². The van der Waals surface area contributed by atoms with E-state index in [0.29, 0.717) is 13.2 Å². The van der Waals surface area contributed by atoms with E-state index < -0.39 is 6.17 Å². The van der Waals surface area contributed by atoms with E-state index in [4.69, 9.17) is 10.5 Å². The lowest BCUT2D eigenvalue weighted by molar-refractivity contribution is 0.0877. The summed E-state index contributed by atoms with van der Waals surface area (Å²) in [4.78, 5) is 2.05. The van der Waals surface area contributed by atoms with Crippen LogP contribution in [0.2, 0.25) is 0 Å². The van der Waals surface area contributed by atoms with Crippen molar-refractivity contribution in [2.75, 3.05) is 33.4 Å². The predicted octanol–water partition coefficient (Wildman–Crippen LogP) is 0.00390. The molecule has 0 unspecified atom stereocenters. The number of piperidine rings is 1. The second-order valence-electron chi connectivity index (χ2n) is 3.26. The van der Waals surface area contributed by atoms with E-state index in [1.807, 2.05) is 0 Å². The third-order valence-corrected chi connectivity index (χ3v) is 2.29. The van der Waals surface area contributed by atoms with Crippen LogP contribution in [0.4, 0.5) is 4.39 Å². The standard InChI is InChI=1S/C8H17FN2O/c1-12-5-4-11-3-2-8(10)7(9)6-11/h7-8H,2-6,10H2,1H3/t7-,8+/m1/s1. The highest BCUT2D eigenvalue weighted by Gasteiger charge is 2.25. The number of rotatable bonds is 3. The first-order chi connectivity index (χ1) is 5.74. The van der Waals surface area contributed by atoms with E-state index in [1.54, 1.807) is 7.11 Å². The van der Waals surface area contributed by atoms with Gasteiger partial charge in [-0.05, 0) is 13.0 Å². The van der Waals surface area contributed by atoms with Gasteiger partial charge in [0.05, 0.1) is 6.61 Å². The molecule has 3 nitrogen and oxygen atoms in total. The Hall–Kier alpha value is -0.190. The molecule has 0 spiro atoms. The normalized spacial score (nSPS) is 32.2.